The molecular formula is C36H60N4O14P4. The third-order valence-electron chi connectivity index (χ3n) is 7.18. The quantitative estimate of drug-likeness (QED) is 0.0649. The second kappa shape index (κ2) is 26.5. The zero-order chi connectivity index (χ0) is 43.1. The predicted molar refractivity (Wildman–Crippen MR) is 224 cm³/mol. The number of hydrogen-bond donors (Lipinski definition) is 2. The molecule has 2 heterocycles. The van der Waals surface area contributed by atoms with Gasteiger partial charge in [0, 0.05) is 0 Å². The van der Waals surface area contributed by atoms with Gasteiger partial charge in [-0.1, -0.05) is 30.3 Å². The first-order valence-electron chi connectivity index (χ1n) is 19.0. The molecule has 3 aromatic rings. The third kappa shape index (κ3) is 15.7. The first-order chi connectivity index (χ1) is 27.8. The van der Waals surface area contributed by atoms with Crippen molar-refractivity contribution in [2.45, 2.75) is 73.0 Å². The lowest BCUT2D eigenvalue weighted by Crippen LogP contribution is -2.26. The monoisotopic (exact) mass is 896 g/mol. The Bertz CT molecular complexity index is 1680. The van der Waals surface area contributed by atoms with Crippen LogP contribution in [-0.4, -0.2) is 81.0 Å². The Hall–Kier alpha value is -2.68. The Labute approximate surface area is 342 Å². The summed E-state index contributed by atoms with van der Waals surface area (Å²) in [4.78, 5) is 8.45. The Morgan fingerprint density at radius 3 is 1.09 bits per heavy atom. The van der Waals surface area contributed by atoms with Crippen molar-refractivity contribution in [3.8, 4) is 11.5 Å². The predicted octanol–water partition coefficient (Wildman–Crippen LogP) is 10.2. The number of anilines is 2. The van der Waals surface area contributed by atoms with Crippen molar-refractivity contribution < 1.29 is 63.9 Å². The van der Waals surface area contributed by atoms with Gasteiger partial charge in [-0.05, 0) is 85.2 Å². The minimum absolute atomic E-state index is 0.0907. The zero-order valence-corrected chi connectivity index (χ0v) is 38.3. The number of nitrogens with zero attached hydrogens (tertiary/aromatic N) is 2. The van der Waals surface area contributed by atoms with Crippen molar-refractivity contribution in [1.29, 1.82) is 0 Å². The molecule has 2 aromatic heterocycles. The molecule has 0 saturated carbocycles. The van der Waals surface area contributed by atoms with Crippen molar-refractivity contribution >= 4 is 42.0 Å². The minimum Gasteiger partial charge on any atom is -0.495 e. The van der Waals surface area contributed by atoms with E-state index in [0.29, 0.717) is 29.7 Å². The molecule has 58 heavy (non-hydrogen) atoms. The number of rotatable bonds is 28. The van der Waals surface area contributed by atoms with Gasteiger partial charge in [-0.25, -0.2) is 9.97 Å². The highest BCUT2D eigenvalue weighted by molar-refractivity contribution is 7.73. The lowest BCUT2D eigenvalue weighted by molar-refractivity contribution is 0.196. The van der Waals surface area contributed by atoms with E-state index < -0.39 is 41.4 Å². The van der Waals surface area contributed by atoms with Gasteiger partial charge in [0.05, 0.1) is 72.4 Å². The Kier molecular flexibility index (Phi) is 23.5. The summed E-state index contributed by atoms with van der Waals surface area (Å²) in [7, 11) is -14.1. The van der Waals surface area contributed by atoms with E-state index in [1.807, 2.05) is 30.3 Å². The lowest BCUT2D eigenvalue weighted by atomic mass is 10.2. The van der Waals surface area contributed by atoms with Gasteiger partial charge in [0.15, 0.2) is 0 Å². The van der Waals surface area contributed by atoms with E-state index >= 15 is 0 Å². The first-order valence-corrected chi connectivity index (χ1v) is 25.4. The highest BCUT2D eigenvalue weighted by atomic mass is 31.2. The van der Waals surface area contributed by atoms with Crippen LogP contribution in [0.4, 0.5) is 11.6 Å². The van der Waals surface area contributed by atoms with E-state index in [-0.39, 0.29) is 52.9 Å². The van der Waals surface area contributed by atoms with E-state index in [1.165, 1.54) is 19.5 Å². The van der Waals surface area contributed by atoms with Crippen LogP contribution in [0.15, 0.2) is 67.0 Å². The molecule has 0 aliphatic carbocycles. The van der Waals surface area contributed by atoms with Crippen molar-refractivity contribution in [2.24, 2.45) is 0 Å². The van der Waals surface area contributed by atoms with Crippen LogP contribution in [0, 0.1) is 0 Å². The Balaban J connectivity index is 0.000000409. The summed E-state index contributed by atoms with van der Waals surface area (Å²) in [6, 6.07) is 16.3. The third-order valence-corrected chi connectivity index (χ3v) is 18.4. The lowest BCUT2D eigenvalue weighted by Gasteiger charge is -2.31. The number of aromatic nitrogens is 2. The van der Waals surface area contributed by atoms with Crippen LogP contribution in [0.25, 0.3) is 0 Å². The van der Waals surface area contributed by atoms with E-state index in [1.54, 1.807) is 79.7 Å². The zero-order valence-electron chi connectivity index (χ0n) is 34.8. The van der Waals surface area contributed by atoms with Crippen LogP contribution in [0.5, 0.6) is 11.5 Å². The van der Waals surface area contributed by atoms with E-state index in [4.69, 9.17) is 45.7 Å². The molecule has 18 nitrogen and oxygen atoms in total. The van der Waals surface area contributed by atoms with Crippen LogP contribution in [-0.2, 0) is 61.1 Å². The molecule has 3 rings (SSSR count). The second-order valence-electron chi connectivity index (χ2n) is 11.3. The first kappa shape index (κ1) is 51.5. The van der Waals surface area contributed by atoms with Gasteiger partial charge in [0.1, 0.15) is 29.7 Å². The molecule has 0 atom stereocenters. The fraction of sp³-hybridized carbons (Fsp3) is 0.556. The van der Waals surface area contributed by atoms with Crippen molar-refractivity contribution in [1.82, 2.24) is 9.97 Å². The maximum Gasteiger partial charge on any atom is 0.365 e. The summed E-state index contributed by atoms with van der Waals surface area (Å²) in [6.07, 6.45) is 2.98. The minimum atomic E-state index is -3.94. The van der Waals surface area contributed by atoms with Gasteiger partial charge >= 0.3 is 30.4 Å². The molecule has 0 bridgehead atoms. The fourth-order valence-corrected chi connectivity index (χ4v) is 14.8. The van der Waals surface area contributed by atoms with E-state index in [0.717, 1.165) is 5.56 Å². The molecule has 0 radical (unpaired) electrons. The smallest absolute Gasteiger partial charge is 0.365 e. The van der Waals surface area contributed by atoms with E-state index in [9.17, 15) is 18.3 Å². The van der Waals surface area contributed by atoms with Crippen LogP contribution >= 0.6 is 30.4 Å². The normalized spacial score (nSPS) is 12.3. The number of hydrogen-bond acceptors (Lipinski definition) is 18. The SMILES string of the molecule is CCOP(=O)(OCC)C(Nc1ccc(OC)cn1)P(=O)(OCC)OCC.CCOP(=O)(OCC)C(Nc1ccc(OCc2ccccc2)cn1)P(=O)(OCC)OCC. The van der Waals surface area contributed by atoms with Crippen LogP contribution in [0.1, 0.15) is 61.0 Å². The molecular weight excluding hydrogens is 836 g/mol. The number of pyridine rings is 2. The average Bonchev–Trinajstić information content (AvgIpc) is 3.20. The van der Waals surface area contributed by atoms with Crippen molar-refractivity contribution in [3.05, 3.63) is 72.6 Å². The average molecular weight is 897 g/mol. The van der Waals surface area contributed by atoms with Gasteiger partial charge in [0.25, 0.3) is 0 Å². The summed E-state index contributed by atoms with van der Waals surface area (Å²) in [6.45, 7) is 14.5. The molecule has 0 spiro atoms. The summed E-state index contributed by atoms with van der Waals surface area (Å²) < 4.78 is 108. The van der Waals surface area contributed by atoms with Crippen molar-refractivity contribution in [3.63, 3.8) is 0 Å². The van der Waals surface area contributed by atoms with Crippen LogP contribution in [0.2, 0.25) is 0 Å². The number of methoxy groups -OCH3 is 1. The number of ether oxygens (including phenoxy) is 2. The molecule has 328 valence electrons. The highest BCUT2D eigenvalue weighted by Crippen LogP contribution is 2.71. The summed E-state index contributed by atoms with van der Waals surface area (Å²) in [5.41, 5.74) is -1.73. The standard InChI is InChI=1S/C21H32N2O7P2.C15H28N2O7P2/c1-5-27-31(24,28-6-2)21(32(25,29-7-3)30-8-4)23-20-15-14-19(16-22-20)26-17-18-12-10-9-11-13-18;1-6-21-25(18,22-7-2)15(26(19,23-8-3)24-9-4)17-14-11-10-13(20-5)12-16-14/h9-16,21H,5-8,17H2,1-4H3,(H,22,23);10-12,15H,6-9H2,1-5H3,(H,16,17). The molecule has 0 fully saturated rings. The molecule has 0 amide bonds. The topological polar surface area (TPSA) is 210 Å². The van der Waals surface area contributed by atoms with Crippen molar-refractivity contribution in [2.75, 3.05) is 70.6 Å². The highest BCUT2D eigenvalue weighted by Gasteiger charge is 2.52. The fourth-order valence-electron chi connectivity index (χ4n) is 4.96. The number of benzene rings is 1. The van der Waals surface area contributed by atoms with Gasteiger partial charge in [-0.15, -0.1) is 0 Å². The molecule has 0 aliphatic heterocycles. The number of nitrogens with one attached hydrogen (secondary N) is 2. The largest absolute Gasteiger partial charge is 0.495 e. The Morgan fingerprint density at radius 1 is 0.483 bits per heavy atom. The van der Waals surface area contributed by atoms with Crippen LogP contribution in [0.3, 0.4) is 0 Å². The molecule has 2 N–H and O–H groups in total. The summed E-state index contributed by atoms with van der Waals surface area (Å²) in [5, 5.41) is 5.77. The van der Waals surface area contributed by atoms with Gasteiger partial charge in [-0.3, -0.25) is 18.3 Å². The second-order valence-corrected chi connectivity index (χ2v) is 20.5. The molecule has 22 heteroatoms. The molecule has 0 saturated heterocycles. The van der Waals surface area contributed by atoms with Gasteiger partial charge < -0.3 is 56.3 Å². The van der Waals surface area contributed by atoms with Crippen LogP contribution < -0.4 is 20.1 Å². The molecule has 1 aromatic carbocycles. The van der Waals surface area contributed by atoms with Gasteiger partial charge in [0.2, 0.25) is 11.0 Å². The maximum atomic E-state index is 13.5. The van der Waals surface area contributed by atoms with Gasteiger partial charge in [-0.2, -0.15) is 0 Å². The summed E-state index contributed by atoms with van der Waals surface area (Å²) in [5.74, 6) is 1.69. The Morgan fingerprint density at radius 2 is 0.810 bits per heavy atom. The maximum absolute atomic E-state index is 13.5. The molecule has 0 unspecified atom stereocenters. The van der Waals surface area contributed by atoms with E-state index in [2.05, 4.69) is 20.6 Å². The summed E-state index contributed by atoms with van der Waals surface area (Å²) >= 11 is 0. The molecule has 0 aliphatic rings.